The number of ether oxygens (including phenoxy) is 1. The van der Waals surface area contributed by atoms with Gasteiger partial charge in [-0.15, -0.1) is 0 Å². The highest BCUT2D eigenvalue weighted by Crippen LogP contribution is 2.51. The maximum atomic E-state index is 11.8. The zero-order valence-electron chi connectivity index (χ0n) is 9.49. The molecule has 17 heavy (non-hydrogen) atoms. The number of ketones is 1. The van der Waals surface area contributed by atoms with Crippen LogP contribution in [-0.4, -0.2) is 16.9 Å². The molecule has 0 radical (unpaired) electrons. The first kappa shape index (κ1) is 11.2. The Morgan fingerprint density at radius 3 is 2.76 bits per heavy atom. The van der Waals surface area contributed by atoms with Gasteiger partial charge in [0.15, 0.2) is 0 Å². The number of carbonyl (C=O) groups is 1. The molecule has 0 aliphatic heterocycles. The number of halogens is 1. The molecule has 2 aliphatic carbocycles. The van der Waals surface area contributed by atoms with Crippen LogP contribution in [0.1, 0.15) is 32.1 Å². The van der Waals surface area contributed by atoms with E-state index in [1.165, 1.54) is 0 Å². The second-order valence-corrected chi connectivity index (χ2v) is 5.85. The quantitative estimate of drug-likeness (QED) is 0.841. The Bertz CT molecular complexity index is 454. The van der Waals surface area contributed by atoms with E-state index in [9.17, 15) is 4.79 Å². The van der Waals surface area contributed by atoms with E-state index in [-0.39, 0.29) is 11.5 Å². The Kier molecular flexibility index (Phi) is 2.69. The van der Waals surface area contributed by atoms with Crippen LogP contribution in [-0.2, 0) is 4.79 Å². The second kappa shape index (κ2) is 4.09. The van der Waals surface area contributed by atoms with Gasteiger partial charge in [-0.2, -0.15) is 0 Å². The van der Waals surface area contributed by atoms with Crippen LogP contribution in [0, 0.1) is 5.41 Å². The van der Waals surface area contributed by atoms with Gasteiger partial charge in [-0.05, 0) is 34.8 Å². The smallest absolute Gasteiger partial charge is 0.146 e. The first-order chi connectivity index (χ1) is 8.21. The fourth-order valence-corrected chi connectivity index (χ4v) is 3.34. The molecule has 0 bridgehead atoms. The fraction of sp³-hybridized carbons (Fsp3) is 0.538. The van der Waals surface area contributed by atoms with E-state index in [4.69, 9.17) is 4.74 Å². The van der Waals surface area contributed by atoms with Gasteiger partial charge in [0.1, 0.15) is 17.6 Å². The van der Waals surface area contributed by atoms with Crippen LogP contribution in [0.2, 0.25) is 0 Å². The van der Waals surface area contributed by atoms with E-state index in [1.54, 1.807) is 12.4 Å². The van der Waals surface area contributed by atoms with Crippen molar-refractivity contribution in [1.29, 1.82) is 0 Å². The zero-order valence-corrected chi connectivity index (χ0v) is 11.1. The number of aromatic nitrogens is 1. The van der Waals surface area contributed by atoms with E-state index >= 15 is 0 Å². The van der Waals surface area contributed by atoms with E-state index in [1.807, 2.05) is 6.07 Å². The maximum absolute atomic E-state index is 11.8. The highest BCUT2D eigenvalue weighted by atomic mass is 79.9. The average Bonchev–Trinajstić information content (AvgIpc) is 2.80. The Morgan fingerprint density at radius 2 is 2.12 bits per heavy atom. The molecule has 2 aliphatic rings. The number of rotatable bonds is 2. The largest absolute Gasteiger partial charge is 0.487 e. The van der Waals surface area contributed by atoms with E-state index in [2.05, 4.69) is 20.9 Å². The zero-order chi connectivity index (χ0) is 11.9. The Balaban J connectivity index is 1.76. The molecule has 0 saturated heterocycles. The van der Waals surface area contributed by atoms with Crippen molar-refractivity contribution in [3.8, 4) is 5.75 Å². The fourth-order valence-electron chi connectivity index (χ4n) is 3.00. The van der Waals surface area contributed by atoms with Gasteiger partial charge in [-0.25, -0.2) is 0 Å². The summed E-state index contributed by atoms with van der Waals surface area (Å²) in [5.74, 6) is 1.14. The Labute approximate surface area is 109 Å². The summed E-state index contributed by atoms with van der Waals surface area (Å²) in [7, 11) is 0. The predicted molar refractivity (Wildman–Crippen MR) is 66.9 cm³/mol. The third-order valence-corrected chi connectivity index (χ3v) is 4.43. The monoisotopic (exact) mass is 295 g/mol. The first-order valence-electron chi connectivity index (χ1n) is 6.01. The summed E-state index contributed by atoms with van der Waals surface area (Å²) in [4.78, 5) is 15.9. The summed E-state index contributed by atoms with van der Waals surface area (Å²) in [6, 6.07) is 1.90. The second-order valence-electron chi connectivity index (χ2n) is 4.94. The molecule has 4 heteroatoms. The van der Waals surface area contributed by atoms with Crippen LogP contribution < -0.4 is 4.74 Å². The molecule has 3 rings (SSSR count). The van der Waals surface area contributed by atoms with E-state index in [0.717, 1.165) is 35.9 Å². The van der Waals surface area contributed by atoms with Crippen molar-refractivity contribution in [3.05, 3.63) is 22.9 Å². The summed E-state index contributed by atoms with van der Waals surface area (Å²) in [6.07, 6.45) is 8.36. The molecule has 3 nitrogen and oxygen atoms in total. The van der Waals surface area contributed by atoms with Crippen LogP contribution >= 0.6 is 15.9 Å². The Hall–Kier alpha value is -0.900. The lowest BCUT2D eigenvalue weighted by molar-refractivity contribution is -0.151. The number of Topliss-reactive ketones (excluding diaryl/α,β-unsaturated/α-hetero) is 1. The van der Waals surface area contributed by atoms with Crippen LogP contribution in [0.4, 0.5) is 0 Å². The van der Waals surface area contributed by atoms with Gasteiger partial charge in [-0.1, -0.05) is 12.8 Å². The summed E-state index contributed by atoms with van der Waals surface area (Å²) < 4.78 is 6.83. The van der Waals surface area contributed by atoms with Crippen molar-refractivity contribution in [3.63, 3.8) is 0 Å². The summed E-state index contributed by atoms with van der Waals surface area (Å²) in [6.45, 7) is 0. The minimum absolute atomic E-state index is 0.0635. The highest BCUT2D eigenvalue weighted by Gasteiger charge is 2.57. The summed E-state index contributed by atoms with van der Waals surface area (Å²) >= 11 is 3.37. The van der Waals surface area contributed by atoms with Gasteiger partial charge in [0.25, 0.3) is 0 Å². The number of hydrogen-bond acceptors (Lipinski definition) is 3. The van der Waals surface area contributed by atoms with Crippen molar-refractivity contribution < 1.29 is 9.53 Å². The standard InChI is InChI=1S/C13H14BrNO2/c14-9-5-10(8-15-7-9)17-12-6-11(16)13(12)3-1-2-4-13/h5,7-8,12H,1-4,6H2. The van der Waals surface area contributed by atoms with Crippen molar-refractivity contribution in [2.75, 3.05) is 0 Å². The highest BCUT2D eigenvalue weighted by molar-refractivity contribution is 9.10. The molecule has 2 fully saturated rings. The third-order valence-electron chi connectivity index (χ3n) is 4.00. The minimum Gasteiger partial charge on any atom is -0.487 e. The predicted octanol–water partition coefficient (Wildman–Crippen LogP) is 3.12. The van der Waals surface area contributed by atoms with Gasteiger partial charge in [0, 0.05) is 17.1 Å². The van der Waals surface area contributed by atoms with E-state index < -0.39 is 0 Å². The van der Waals surface area contributed by atoms with Crippen LogP contribution in [0.3, 0.4) is 0 Å². The molecule has 1 heterocycles. The molecule has 1 aromatic rings. The molecule has 1 aromatic heterocycles. The van der Waals surface area contributed by atoms with Crippen LogP contribution in [0.5, 0.6) is 5.75 Å². The lowest BCUT2D eigenvalue weighted by atomic mass is 9.63. The van der Waals surface area contributed by atoms with Gasteiger partial charge in [0.2, 0.25) is 0 Å². The van der Waals surface area contributed by atoms with Gasteiger partial charge in [-0.3, -0.25) is 9.78 Å². The third kappa shape index (κ3) is 1.79. The molecule has 1 atom stereocenters. The normalized spacial score (nSPS) is 25.9. The van der Waals surface area contributed by atoms with E-state index in [0.29, 0.717) is 12.2 Å². The molecule has 90 valence electrons. The Morgan fingerprint density at radius 1 is 1.35 bits per heavy atom. The molecule has 0 N–H and O–H groups in total. The van der Waals surface area contributed by atoms with Crippen molar-refractivity contribution >= 4 is 21.7 Å². The lowest BCUT2D eigenvalue weighted by Gasteiger charge is -2.44. The summed E-state index contributed by atoms with van der Waals surface area (Å²) in [5.41, 5.74) is -0.164. The van der Waals surface area contributed by atoms with Crippen LogP contribution in [0.15, 0.2) is 22.9 Å². The SMILES string of the molecule is O=C1CC(Oc2cncc(Br)c2)C12CCCC2. The molecule has 1 unspecified atom stereocenters. The van der Waals surface area contributed by atoms with Gasteiger partial charge < -0.3 is 4.74 Å². The lowest BCUT2D eigenvalue weighted by Crippen LogP contribution is -2.55. The first-order valence-corrected chi connectivity index (χ1v) is 6.80. The van der Waals surface area contributed by atoms with Gasteiger partial charge in [0.05, 0.1) is 11.6 Å². The average molecular weight is 296 g/mol. The maximum Gasteiger partial charge on any atom is 0.146 e. The summed E-state index contributed by atoms with van der Waals surface area (Å²) in [5, 5.41) is 0. The van der Waals surface area contributed by atoms with Crippen molar-refractivity contribution in [1.82, 2.24) is 4.98 Å². The van der Waals surface area contributed by atoms with Crippen molar-refractivity contribution in [2.24, 2.45) is 5.41 Å². The van der Waals surface area contributed by atoms with Gasteiger partial charge >= 0.3 is 0 Å². The molecular weight excluding hydrogens is 282 g/mol. The van der Waals surface area contributed by atoms with Crippen LogP contribution in [0.25, 0.3) is 0 Å². The number of pyridine rings is 1. The molecule has 0 aromatic carbocycles. The number of nitrogens with zero attached hydrogens (tertiary/aromatic N) is 1. The minimum atomic E-state index is -0.164. The topological polar surface area (TPSA) is 39.2 Å². The molecule has 0 amide bonds. The number of carbonyl (C=O) groups excluding carboxylic acids is 1. The molecule has 2 saturated carbocycles. The molecular formula is C13H14BrNO2. The number of hydrogen-bond donors (Lipinski definition) is 0. The molecule has 1 spiro atoms. The van der Waals surface area contributed by atoms with Crippen molar-refractivity contribution in [2.45, 2.75) is 38.2 Å².